The predicted molar refractivity (Wildman–Crippen MR) is 134 cm³/mol. The number of benzene rings is 1. The Balaban J connectivity index is 0.00000320. The van der Waals surface area contributed by atoms with Crippen LogP contribution in [0.5, 0.6) is 0 Å². The molecule has 1 aliphatic rings. The zero-order chi connectivity index (χ0) is 20.6. The van der Waals surface area contributed by atoms with Gasteiger partial charge in [0.2, 0.25) is 11.0 Å². The largest absolute Gasteiger partial charge is 0.357 e. The lowest BCUT2D eigenvalue weighted by atomic mass is 10.2. The molecule has 3 rings (SSSR count). The summed E-state index contributed by atoms with van der Waals surface area (Å²) in [4.78, 5) is 25.3. The number of halogens is 1. The van der Waals surface area contributed by atoms with E-state index in [1.165, 1.54) is 18.5 Å². The molecule has 1 amide bonds. The minimum Gasteiger partial charge on any atom is -0.357 e. The van der Waals surface area contributed by atoms with Gasteiger partial charge in [0.15, 0.2) is 5.96 Å². The summed E-state index contributed by atoms with van der Waals surface area (Å²) in [5.74, 6) is 1.77. The summed E-state index contributed by atoms with van der Waals surface area (Å²) in [6.07, 6.45) is 0.872. The van der Waals surface area contributed by atoms with Crippen LogP contribution in [0.4, 0.5) is 10.8 Å². The molecule has 2 aromatic rings. The van der Waals surface area contributed by atoms with E-state index in [0.717, 1.165) is 67.3 Å². The van der Waals surface area contributed by atoms with Crippen molar-refractivity contribution in [3.05, 3.63) is 35.7 Å². The molecule has 0 atom stereocenters. The minimum atomic E-state index is -0.0710. The highest BCUT2D eigenvalue weighted by Crippen LogP contribution is 2.19. The molecule has 0 spiro atoms. The van der Waals surface area contributed by atoms with Crippen molar-refractivity contribution < 1.29 is 4.79 Å². The van der Waals surface area contributed by atoms with Gasteiger partial charge in [-0.1, -0.05) is 19.1 Å². The van der Waals surface area contributed by atoms with Gasteiger partial charge in [-0.15, -0.1) is 24.0 Å². The molecule has 30 heavy (non-hydrogen) atoms. The highest BCUT2D eigenvalue weighted by molar-refractivity contribution is 14.0. The Bertz CT molecular complexity index is 849. The van der Waals surface area contributed by atoms with E-state index in [9.17, 15) is 4.79 Å². The summed E-state index contributed by atoms with van der Waals surface area (Å²) in [7, 11) is 0. The van der Waals surface area contributed by atoms with Crippen molar-refractivity contribution in [2.45, 2.75) is 33.7 Å². The van der Waals surface area contributed by atoms with E-state index in [1.54, 1.807) is 0 Å². The van der Waals surface area contributed by atoms with Gasteiger partial charge in [-0.2, -0.15) is 4.37 Å². The highest BCUT2D eigenvalue weighted by Gasteiger charge is 2.22. The molecule has 0 saturated carbocycles. The van der Waals surface area contributed by atoms with Gasteiger partial charge in [0.1, 0.15) is 5.82 Å². The maximum Gasteiger partial charge on any atom is 0.221 e. The molecule has 1 aromatic heterocycles. The third kappa shape index (κ3) is 6.79. The number of piperazine rings is 1. The number of nitrogens with one attached hydrogen (secondary N) is 2. The molecule has 2 N–H and O–H groups in total. The first-order valence-corrected chi connectivity index (χ1v) is 10.8. The molecule has 0 unspecified atom stereocenters. The Labute approximate surface area is 199 Å². The lowest BCUT2D eigenvalue weighted by Gasteiger charge is -2.36. The predicted octanol–water partition coefficient (Wildman–Crippen LogP) is 2.96. The van der Waals surface area contributed by atoms with Crippen LogP contribution in [0, 0.1) is 0 Å². The highest BCUT2D eigenvalue weighted by atomic mass is 127. The van der Waals surface area contributed by atoms with Gasteiger partial charge in [-0.05, 0) is 24.6 Å². The molecular weight excluding hydrogens is 513 g/mol. The Kier molecular flexibility index (Phi) is 9.76. The van der Waals surface area contributed by atoms with Gasteiger partial charge < -0.3 is 20.4 Å². The van der Waals surface area contributed by atoms with Crippen molar-refractivity contribution in [2.24, 2.45) is 4.99 Å². The Morgan fingerprint density at radius 1 is 1.23 bits per heavy atom. The number of aromatic nitrogens is 2. The smallest absolute Gasteiger partial charge is 0.221 e. The topological polar surface area (TPSA) is 85.8 Å². The quantitative estimate of drug-likeness (QED) is 0.331. The molecule has 1 aliphatic heterocycles. The molecule has 10 heteroatoms. The molecule has 8 nitrogen and oxygen atoms in total. The van der Waals surface area contributed by atoms with Gasteiger partial charge in [0.05, 0.1) is 6.54 Å². The van der Waals surface area contributed by atoms with Crippen LogP contribution in [0.25, 0.3) is 0 Å². The van der Waals surface area contributed by atoms with Crippen molar-refractivity contribution in [1.29, 1.82) is 0 Å². The number of hydrogen-bond acceptors (Lipinski definition) is 6. The molecule has 0 bridgehead atoms. The summed E-state index contributed by atoms with van der Waals surface area (Å²) >= 11 is 1.48. The van der Waals surface area contributed by atoms with Crippen LogP contribution in [0.2, 0.25) is 0 Å². The summed E-state index contributed by atoms with van der Waals surface area (Å²) in [5, 5.41) is 7.23. The number of guanidine groups is 1. The van der Waals surface area contributed by atoms with Crippen LogP contribution >= 0.6 is 35.5 Å². The first kappa shape index (κ1) is 24.3. The van der Waals surface area contributed by atoms with Crippen molar-refractivity contribution >= 4 is 58.2 Å². The molecule has 2 heterocycles. The minimum absolute atomic E-state index is 0. The van der Waals surface area contributed by atoms with Crippen LogP contribution < -0.4 is 15.5 Å². The number of nitrogens with zero attached hydrogens (tertiary/aromatic N) is 5. The van der Waals surface area contributed by atoms with Crippen molar-refractivity contribution in [3.63, 3.8) is 0 Å². The van der Waals surface area contributed by atoms with E-state index in [-0.39, 0.29) is 29.9 Å². The van der Waals surface area contributed by atoms with E-state index in [2.05, 4.69) is 43.6 Å². The van der Waals surface area contributed by atoms with Gasteiger partial charge in [0, 0.05) is 63.3 Å². The third-order valence-electron chi connectivity index (χ3n) is 4.62. The van der Waals surface area contributed by atoms with Crippen LogP contribution in [0.15, 0.2) is 29.3 Å². The number of carbonyl (C=O) groups excluding carboxylic acids is 1. The van der Waals surface area contributed by atoms with Crippen LogP contribution in [0.1, 0.15) is 32.2 Å². The average Bonchev–Trinajstić information content (AvgIpc) is 3.20. The number of rotatable bonds is 6. The van der Waals surface area contributed by atoms with Crippen molar-refractivity contribution in [3.8, 4) is 0 Å². The monoisotopic (exact) mass is 543 g/mol. The number of aliphatic imine (C=N–C) groups is 1. The van der Waals surface area contributed by atoms with Crippen LogP contribution in [0.3, 0.4) is 0 Å². The second-order valence-electron chi connectivity index (χ2n) is 6.87. The molecule has 1 aromatic carbocycles. The Hall–Kier alpha value is -1.95. The van der Waals surface area contributed by atoms with E-state index in [4.69, 9.17) is 4.99 Å². The van der Waals surface area contributed by atoms with Crippen LogP contribution in [-0.2, 0) is 17.8 Å². The average molecular weight is 543 g/mol. The fraction of sp³-hybridized carbons (Fsp3) is 0.500. The first-order valence-electron chi connectivity index (χ1n) is 10.1. The van der Waals surface area contributed by atoms with Gasteiger partial charge in [-0.3, -0.25) is 4.79 Å². The van der Waals surface area contributed by atoms with E-state index >= 15 is 0 Å². The number of carbonyl (C=O) groups is 1. The van der Waals surface area contributed by atoms with Crippen molar-refractivity contribution in [2.75, 3.05) is 42.9 Å². The normalized spacial score (nSPS) is 14.3. The summed E-state index contributed by atoms with van der Waals surface area (Å²) in [6.45, 7) is 10.6. The molecule has 1 saturated heterocycles. The zero-order valence-electron chi connectivity index (χ0n) is 17.7. The third-order valence-corrected chi connectivity index (χ3v) is 5.43. The second kappa shape index (κ2) is 12.0. The molecule has 164 valence electrons. The van der Waals surface area contributed by atoms with Crippen LogP contribution in [-0.4, -0.2) is 58.8 Å². The number of hydrogen-bond donors (Lipinski definition) is 2. The summed E-state index contributed by atoms with van der Waals surface area (Å²) < 4.78 is 4.39. The maximum atomic E-state index is 11.3. The zero-order valence-corrected chi connectivity index (χ0v) is 20.9. The summed E-state index contributed by atoms with van der Waals surface area (Å²) in [6, 6.07) is 7.81. The Morgan fingerprint density at radius 3 is 2.63 bits per heavy atom. The first-order chi connectivity index (χ1) is 14.1. The van der Waals surface area contributed by atoms with E-state index in [0.29, 0.717) is 6.54 Å². The number of amides is 1. The maximum absolute atomic E-state index is 11.3. The molecule has 0 radical (unpaired) electrons. The number of anilines is 2. The molecule has 0 aliphatic carbocycles. The van der Waals surface area contributed by atoms with E-state index in [1.807, 2.05) is 24.3 Å². The van der Waals surface area contributed by atoms with Gasteiger partial charge in [-0.25, -0.2) is 9.98 Å². The summed E-state index contributed by atoms with van der Waals surface area (Å²) in [5.41, 5.74) is 1.86. The lowest BCUT2D eigenvalue weighted by Crippen LogP contribution is -2.52. The second-order valence-corrected chi connectivity index (χ2v) is 7.60. The number of aryl methyl sites for hydroxylation is 1. The molecule has 1 fully saturated rings. The fourth-order valence-electron chi connectivity index (χ4n) is 3.17. The lowest BCUT2D eigenvalue weighted by molar-refractivity contribution is -0.114. The fourth-order valence-corrected chi connectivity index (χ4v) is 3.97. The van der Waals surface area contributed by atoms with Crippen molar-refractivity contribution in [1.82, 2.24) is 19.6 Å². The van der Waals surface area contributed by atoms with Gasteiger partial charge >= 0.3 is 0 Å². The van der Waals surface area contributed by atoms with Gasteiger partial charge in [0.25, 0.3) is 0 Å². The Morgan fingerprint density at radius 2 is 2.00 bits per heavy atom. The standard InChI is InChI=1S/C20H29N7OS.HI/c1-4-18-24-20(29-25-18)27-11-9-26(10-12-27)19(21-5-2)22-14-16-7-6-8-17(13-16)23-15(3)28;/h6-8,13H,4-5,9-12,14H2,1-3H3,(H,21,22)(H,23,28);1H. The molecular formula is C20H30IN7OS. The van der Waals surface area contributed by atoms with E-state index < -0.39 is 0 Å². The SMILES string of the molecule is CCNC(=NCc1cccc(NC(C)=O)c1)N1CCN(c2nc(CC)ns2)CC1.I.